The van der Waals surface area contributed by atoms with Gasteiger partial charge in [-0.25, -0.2) is 14.6 Å². The number of aryl methyl sites for hydroxylation is 1. The van der Waals surface area contributed by atoms with Crippen molar-refractivity contribution in [3.8, 4) is 10.6 Å². The second kappa shape index (κ2) is 9.26. The van der Waals surface area contributed by atoms with Gasteiger partial charge >= 0.3 is 11.9 Å². The number of carbonyl (C=O) groups excluding carboxylic acids is 2. The summed E-state index contributed by atoms with van der Waals surface area (Å²) in [4.78, 5) is 30.3. The van der Waals surface area contributed by atoms with Crippen LogP contribution in [0, 0.1) is 6.92 Å². The first kappa shape index (κ1) is 21.8. The summed E-state index contributed by atoms with van der Waals surface area (Å²) >= 11 is 1.56. The van der Waals surface area contributed by atoms with Gasteiger partial charge in [-0.05, 0) is 46.2 Å². The van der Waals surface area contributed by atoms with Gasteiger partial charge in [-0.15, -0.1) is 11.3 Å². The Morgan fingerprint density at radius 2 is 1.63 bits per heavy atom. The Morgan fingerprint density at radius 1 is 1.03 bits per heavy atom. The Bertz CT molecular complexity index is 995. The smallest absolute Gasteiger partial charge is 0.336 e. The third-order valence-electron chi connectivity index (χ3n) is 4.84. The number of thiazole rings is 1. The highest BCUT2D eigenvalue weighted by atomic mass is 32.1. The molecule has 1 aliphatic rings. The molecule has 1 aromatic heterocycles. The van der Waals surface area contributed by atoms with Crippen molar-refractivity contribution < 1.29 is 19.1 Å². The van der Waals surface area contributed by atoms with Crippen LogP contribution in [0.1, 0.15) is 44.9 Å². The topological polar surface area (TPSA) is 77.5 Å². The number of carbonyl (C=O) groups is 2. The summed E-state index contributed by atoms with van der Waals surface area (Å²) in [5.41, 5.74) is 4.86. The number of nitrogens with one attached hydrogen (secondary N) is 1. The van der Waals surface area contributed by atoms with Gasteiger partial charge in [0.25, 0.3) is 0 Å². The van der Waals surface area contributed by atoms with E-state index in [-0.39, 0.29) is 13.2 Å². The molecule has 1 aliphatic heterocycles. The van der Waals surface area contributed by atoms with E-state index in [9.17, 15) is 9.59 Å². The number of hydrogen-bond donors (Lipinski definition) is 1. The van der Waals surface area contributed by atoms with E-state index in [1.165, 1.54) is 0 Å². The molecule has 0 unspecified atom stereocenters. The largest absolute Gasteiger partial charge is 0.463 e. The predicted molar refractivity (Wildman–Crippen MR) is 117 cm³/mol. The fourth-order valence-electron chi connectivity index (χ4n) is 3.62. The van der Waals surface area contributed by atoms with Gasteiger partial charge in [-0.2, -0.15) is 0 Å². The molecule has 0 aliphatic carbocycles. The lowest BCUT2D eigenvalue weighted by atomic mass is 9.80. The van der Waals surface area contributed by atoms with Gasteiger partial charge in [-0.3, -0.25) is 0 Å². The summed E-state index contributed by atoms with van der Waals surface area (Å²) in [6.45, 7) is 9.61. The fourth-order valence-corrected chi connectivity index (χ4v) is 4.42. The normalized spacial score (nSPS) is 14.6. The molecule has 0 amide bonds. The van der Waals surface area contributed by atoms with Gasteiger partial charge in [0.05, 0.1) is 30.3 Å². The molecule has 2 heterocycles. The van der Waals surface area contributed by atoms with Crippen molar-refractivity contribution >= 4 is 23.3 Å². The number of hydrogen-bond acceptors (Lipinski definition) is 7. The standard InChI is InChI=1S/C23H26N2O4S/c1-6-28-22(26)18-14(4)25-15(5)19(23(27)29-7-2)20(18)16-9-8-10-17(11-16)21-24-13(3)12-30-21/h8-12,20,25H,6-7H2,1-5H3. The summed E-state index contributed by atoms with van der Waals surface area (Å²) in [6, 6.07) is 7.79. The number of nitrogens with zero attached hydrogens (tertiary/aromatic N) is 1. The van der Waals surface area contributed by atoms with Crippen LogP contribution in [0.3, 0.4) is 0 Å². The van der Waals surface area contributed by atoms with Gasteiger partial charge in [-0.1, -0.05) is 18.2 Å². The number of aromatic nitrogens is 1. The zero-order chi connectivity index (χ0) is 21.8. The second-order valence-corrected chi connectivity index (χ2v) is 7.85. The molecule has 1 aromatic carbocycles. The van der Waals surface area contributed by atoms with Crippen molar-refractivity contribution in [2.75, 3.05) is 13.2 Å². The van der Waals surface area contributed by atoms with Crippen molar-refractivity contribution in [1.82, 2.24) is 10.3 Å². The minimum absolute atomic E-state index is 0.248. The lowest BCUT2D eigenvalue weighted by molar-refractivity contribution is -0.139. The van der Waals surface area contributed by atoms with Crippen molar-refractivity contribution in [1.29, 1.82) is 0 Å². The van der Waals surface area contributed by atoms with Crippen molar-refractivity contribution in [3.63, 3.8) is 0 Å². The first-order valence-electron chi connectivity index (χ1n) is 9.92. The maximum absolute atomic E-state index is 12.9. The third-order valence-corrected chi connectivity index (χ3v) is 5.85. The molecule has 30 heavy (non-hydrogen) atoms. The highest BCUT2D eigenvalue weighted by molar-refractivity contribution is 7.13. The summed E-state index contributed by atoms with van der Waals surface area (Å²) in [5.74, 6) is -1.49. The lowest BCUT2D eigenvalue weighted by Gasteiger charge is -2.30. The molecule has 0 spiro atoms. The monoisotopic (exact) mass is 426 g/mol. The first-order valence-corrected chi connectivity index (χ1v) is 10.8. The quantitative estimate of drug-likeness (QED) is 0.687. The van der Waals surface area contributed by atoms with Gasteiger partial charge in [0.15, 0.2) is 0 Å². The number of ether oxygens (including phenoxy) is 2. The molecule has 7 heteroatoms. The van der Waals surface area contributed by atoms with Crippen LogP contribution in [0.4, 0.5) is 0 Å². The van der Waals surface area contributed by atoms with Crippen molar-refractivity contribution in [3.05, 3.63) is 63.4 Å². The second-order valence-electron chi connectivity index (χ2n) is 7.00. The average Bonchev–Trinajstić information content (AvgIpc) is 3.14. The van der Waals surface area contributed by atoms with Gasteiger partial charge in [0.1, 0.15) is 5.01 Å². The SMILES string of the molecule is CCOC(=O)C1=C(C)NC(C)=C(C(=O)OCC)C1c1cccc(-c2nc(C)cs2)c1. The maximum atomic E-state index is 12.9. The molecular weight excluding hydrogens is 400 g/mol. The fraction of sp³-hybridized carbons (Fsp3) is 0.348. The number of benzene rings is 1. The van der Waals surface area contributed by atoms with Crippen LogP contribution in [-0.2, 0) is 19.1 Å². The van der Waals surface area contributed by atoms with Gasteiger partial charge < -0.3 is 14.8 Å². The highest BCUT2D eigenvalue weighted by Crippen LogP contribution is 2.40. The Kier molecular flexibility index (Phi) is 6.72. The number of allylic oxidation sites excluding steroid dienone is 2. The Morgan fingerprint density at radius 3 is 2.13 bits per heavy atom. The van der Waals surface area contributed by atoms with E-state index in [2.05, 4.69) is 10.3 Å². The number of rotatable bonds is 6. The molecule has 6 nitrogen and oxygen atoms in total. The van der Waals surface area contributed by atoms with Crippen LogP contribution < -0.4 is 5.32 Å². The highest BCUT2D eigenvalue weighted by Gasteiger charge is 2.38. The summed E-state index contributed by atoms with van der Waals surface area (Å²) in [6.07, 6.45) is 0. The van der Waals surface area contributed by atoms with E-state index in [4.69, 9.17) is 9.47 Å². The lowest BCUT2D eigenvalue weighted by Crippen LogP contribution is -2.32. The van der Waals surface area contributed by atoms with E-state index in [0.29, 0.717) is 22.5 Å². The molecule has 2 aromatic rings. The molecular formula is C23H26N2O4S. The van der Waals surface area contributed by atoms with E-state index >= 15 is 0 Å². The summed E-state index contributed by atoms with van der Waals surface area (Å²) < 4.78 is 10.6. The Balaban J connectivity index is 2.17. The van der Waals surface area contributed by atoms with Gasteiger partial charge in [0.2, 0.25) is 0 Å². The Labute approximate surface area is 180 Å². The minimum atomic E-state index is -0.592. The van der Waals surface area contributed by atoms with Crippen LogP contribution in [0.2, 0.25) is 0 Å². The van der Waals surface area contributed by atoms with E-state index in [1.807, 2.05) is 50.4 Å². The number of esters is 2. The molecule has 1 N–H and O–H groups in total. The van der Waals surface area contributed by atoms with Crippen LogP contribution in [0.25, 0.3) is 10.6 Å². The first-order chi connectivity index (χ1) is 14.4. The van der Waals surface area contributed by atoms with Crippen LogP contribution in [0.5, 0.6) is 0 Å². The maximum Gasteiger partial charge on any atom is 0.336 e. The zero-order valence-electron chi connectivity index (χ0n) is 17.9. The van der Waals surface area contributed by atoms with E-state index in [0.717, 1.165) is 21.8 Å². The van der Waals surface area contributed by atoms with Crippen LogP contribution >= 0.6 is 11.3 Å². The zero-order valence-corrected chi connectivity index (χ0v) is 18.7. The third kappa shape index (κ3) is 4.31. The van der Waals surface area contributed by atoms with Crippen molar-refractivity contribution in [2.45, 2.75) is 40.5 Å². The number of dihydropyridines is 1. The molecule has 0 fully saturated rings. The van der Waals surface area contributed by atoms with E-state index in [1.54, 1.807) is 25.2 Å². The molecule has 3 rings (SSSR count). The summed E-state index contributed by atoms with van der Waals surface area (Å²) in [7, 11) is 0. The molecule has 0 atom stereocenters. The molecule has 0 radical (unpaired) electrons. The van der Waals surface area contributed by atoms with E-state index < -0.39 is 17.9 Å². The molecule has 0 saturated heterocycles. The molecule has 158 valence electrons. The molecule has 0 saturated carbocycles. The van der Waals surface area contributed by atoms with Crippen molar-refractivity contribution in [2.24, 2.45) is 0 Å². The van der Waals surface area contributed by atoms with Gasteiger partial charge in [0, 0.05) is 28.0 Å². The predicted octanol–water partition coefficient (Wildman–Crippen LogP) is 4.48. The minimum Gasteiger partial charge on any atom is -0.463 e. The van der Waals surface area contributed by atoms with Crippen LogP contribution in [-0.4, -0.2) is 30.1 Å². The van der Waals surface area contributed by atoms with Crippen LogP contribution in [0.15, 0.2) is 52.2 Å². The Hall–Kier alpha value is -2.93. The average molecular weight is 427 g/mol. The summed E-state index contributed by atoms with van der Waals surface area (Å²) in [5, 5.41) is 6.04. The molecule has 0 bridgehead atoms.